The lowest BCUT2D eigenvalue weighted by Crippen LogP contribution is -1.98. The van der Waals surface area contributed by atoms with Gasteiger partial charge in [-0.1, -0.05) is 58.2 Å². The molecule has 0 aromatic rings. The summed E-state index contributed by atoms with van der Waals surface area (Å²) < 4.78 is 1.79. The number of rotatable bonds is 5. The van der Waals surface area contributed by atoms with Crippen LogP contribution in [-0.4, -0.2) is 8.48 Å². The van der Waals surface area contributed by atoms with Crippen LogP contribution in [0.1, 0.15) is 19.8 Å². The van der Waals surface area contributed by atoms with Gasteiger partial charge in [0.05, 0.1) is 4.55 Å². The molecule has 1 nitrogen and oxygen atoms in total. The first-order chi connectivity index (χ1) is 4.77. The van der Waals surface area contributed by atoms with E-state index in [1.165, 1.54) is 12.8 Å². The molecule has 0 fully saturated rings. The van der Waals surface area contributed by atoms with Gasteiger partial charge in [0.25, 0.3) is 0 Å². The summed E-state index contributed by atoms with van der Waals surface area (Å²) in [4.78, 5) is 0. The van der Waals surface area contributed by atoms with Crippen LogP contribution in [0.15, 0.2) is 12.3 Å². The number of alkyl halides is 2. The minimum atomic E-state index is 0.793. The quantitative estimate of drug-likeness (QED) is 0.449. The molecule has 0 radical (unpaired) electrons. The largest absolute Gasteiger partial charge is 0.382 e. The molecule has 0 unspecified atom stereocenters. The Morgan fingerprint density at radius 2 is 2.30 bits per heavy atom. The summed E-state index contributed by atoms with van der Waals surface area (Å²) in [6.07, 6.45) is 6.69. The van der Waals surface area contributed by atoms with Gasteiger partial charge < -0.3 is 5.32 Å². The first-order valence-corrected chi connectivity index (χ1v) is 6.13. The fourth-order valence-electron chi connectivity index (χ4n) is 0.537. The van der Waals surface area contributed by atoms with E-state index in [0.29, 0.717) is 0 Å². The van der Waals surface area contributed by atoms with E-state index in [4.69, 9.17) is 0 Å². The maximum atomic E-state index is 3.13. The molecule has 60 valence electrons. The Morgan fingerprint density at radius 1 is 1.60 bits per heavy atom. The van der Waals surface area contributed by atoms with Crippen molar-refractivity contribution in [3.63, 3.8) is 0 Å². The predicted octanol–water partition coefficient (Wildman–Crippen LogP) is 3.09. The number of hydrogen-bond donors (Lipinski definition) is 1. The van der Waals surface area contributed by atoms with Crippen molar-refractivity contribution in [1.82, 2.24) is 5.32 Å². The van der Waals surface area contributed by atoms with E-state index < -0.39 is 0 Å². The lowest BCUT2D eigenvalue weighted by atomic mass is 10.2. The minimum Gasteiger partial charge on any atom is -0.382 e. The lowest BCUT2D eigenvalue weighted by molar-refractivity contribution is 0.850. The smallest absolute Gasteiger partial charge is 0.0665 e. The molecule has 0 heterocycles. The molecule has 0 bridgehead atoms. The Morgan fingerprint density at radius 3 is 2.80 bits per heavy atom. The Balaban J connectivity index is 3.02. The molecule has 10 heavy (non-hydrogen) atoms. The van der Waals surface area contributed by atoms with E-state index in [1.54, 1.807) is 0 Å². The van der Waals surface area contributed by atoms with Gasteiger partial charge in [0.2, 0.25) is 0 Å². The number of halogens is 2. The van der Waals surface area contributed by atoms with Gasteiger partial charge in [-0.3, -0.25) is 0 Å². The zero-order valence-corrected chi connectivity index (χ0v) is 10.4. The number of nitrogens with one attached hydrogen (secondary N) is 1. The highest BCUT2D eigenvalue weighted by atomic mass is 127. The fraction of sp³-hybridized carbons (Fsp3) is 0.714. The van der Waals surface area contributed by atoms with Gasteiger partial charge in [-0.15, -0.1) is 0 Å². The summed E-state index contributed by atoms with van der Waals surface area (Å²) in [6.45, 7) is 2.24. The van der Waals surface area contributed by atoms with Crippen LogP contribution >= 0.6 is 45.2 Å². The van der Waals surface area contributed by atoms with E-state index in [9.17, 15) is 0 Å². The van der Waals surface area contributed by atoms with Crippen molar-refractivity contribution in [2.24, 2.45) is 0 Å². The normalized spacial score (nSPS) is 13.9. The maximum Gasteiger partial charge on any atom is 0.0665 e. The van der Waals surface area contributed by atoms with Gasteiger partial charge in [-0.2, -0.15) is 0 Å². The first-order valence-electron chi connectivity index (χ1n) is 3.35. The van der Waals surface area contributed by atoms with E-state index in [0.717, 1.165) is 8.48 Å². The second-order valence-electron chi connectivity index (χ2n) is 2.10. The van der Waals surface area contributed by atoms with Crippen LogP contribution in [0, 0.1) is 0 Å². The van der Waals surface area contributed by atoms with Gasteiger partial charge >= 0.3 is 0 Å². The molecule has 0 rings (SSSR count). The average molecular weight is 365 g/mol. The van der Waals surface area contributed by atoms with Crippen molar-refractivity contribution in [3.05, 3.63) is 12.3 Å². The molecular weight excluding hydrogens is 352 g/mol. The summed E-state index contributed by atoms with van der Waals surface area (Å²) in [5, 5.41) is 3.13. The van der Waals surface area contributed by atoms with Crippen LogP contribution < -0.4 is 5.32 Å². The van der Waals surface area contributed by atoms with Crippen LogP contribution in [0.25, 0.3) is 0 Å². The molecule has 0 amide bonds. The Labute approximate surface area is 90.3 Å². The van der Waals surface area contributed by atoms with Crippen molar-refractivity contribution in [1.29, 1.82) is 0 Å². The third-order valence-corrected chi connectivity index (χ3v) is 2.11. The molecule has 1 N–H and O–H groups in total. The molecule has 0 aliphatic rings. The molecule has 0 saturated carbocycles. The van der Waals surface area contributed by atoms with Gasteiger partial charge in [0.15, 0.2) is 0 Å². The second-order valence-corrected chi connectivity index (χ2v) is 4.99. The number of allylic oxidation sites excluding steroid dienone is 1. The molecule has 0 spiro atoms. The van der Waals surface area contributed by atoms with Crippen molar-refractivity contribution in [2.45, 2.75) is 23.7 Å². The summed E-state index contributed by atoms with van der Waals surface area (Å²) in [7, 11) is 0. The molecule has 0 aromatic carbocycles. The van der Waals surface area contributed by atoms with Crippen molar-refractivity contribution in [2.75, 3.05) is 4.55 Å². The third kappa shape index (κ3) is 9.00. The maximum absolute atomic E-state index is 3.13. The number of hydrogen-bond acceptors (Lipinski definition) is 1. The predicted molar refractivity (Wildman–Crippen MR) is 63.9 cm³/mol. The van der Waals surface area contributed by atoms with Crippen LogP contribution in [0.3, 0.4) is 0 Å². The Bertz CT molecular complexity index is 91.6. The fourth-order valence-corrected chi connectivity index (χ4v) is 1.15. The second kappa shape index (κ2) is 8.10. The highest BCUT2D eigenvalue weighted by molar-refractivity contribution is 14.1. The van der Waals surface area contributed by atoms with Gasteiger partial charge in [0.1, 0.15) is 0 Å². The van der Waals surface area contributed by atoms with E-state index in [-0.39, 0.29) is 0 Å². The Hall–Kier alpha value is 1.00. The van der Waals surface area contributed by atoms with E-state index >= 15 is 0 Å². The summed E-state index contributed by atoms with van der Waals surface area (Å²) >= 11 is 4.74. The van der Waals surface area contributed by atoms with Crippen molar-refractivity contribution >= 4 is 45.2 Å². The van der Waals surface area contributed by atoms with Gasteiger partial charge in [-0.25, -0.2) is 0 Å². The molecule has 0 aliphatic carbocycles. The third-order valence-electron chi connectivity index (χ3n) is 1.04. The standard InChI is InChI=1S/C7H13I2N/c1-7(9)4-2-3-5-10-6-8/h3,5,7,10H,2,4,6H2,1H3/b5-3-/t7-/m1/s1. The molecule has 0 saturated heterocycles. The molecule has 3 heteroatoms. The van der Waals surface area contributed by atoms with E-state index in [1.807, 2.05) is 6.20 Å². The zero-order valence-electron chi connectivity index (χ0n) is 6.11. The van der Waals surface area contributed by atoms with E-state index in [2.05, 4.69) is 63.5 Å². The van der Waals surface area contributed by atoms with Gasteiger partial charge in [0, 0.05) is 3.92 Å². The SMILES string of the molecule is C[C@@H](I)CC/C=C\NCI. The van der Waals surface area contributed by atoms with Crippen molar-refractivity contribution < 1.29 is 0 Å². The van der Waals surface area contributed by atoms with Crippen LogP contribution in [-0.2, 0) is 0 Å². The topological polar surface area (TPSA) is 12.0 Å². The zero-order chi connectivity index (χ0) is 7.82. The molecule has 1 atom stereocenters. The van der Waals surface area contributed by atoms with Gasteiger partial charge in [-0.05, 0) is 19.0 Å². The van der Waals surface area contributed by atoms with Crippen molar-refractivity contribution in [3.8, 4) is 0 Å². The van der Waals surface area contributed by atoms with Crippen LogP contribution in [0.2, 0.25) is 0 Å². The first kappa shape index (κ1) is 11.0. The lowest BCUT2D eigenvalue weighted by Gasteiger charge is -1.97. The average Bonchev–Trinajstić information content (AvgIpc) is 1.87. The molecule has 0 aromatic heterocycles. The van der Waals surface area contributed by atoms with Crippen LogP contribution in [0.5, 0.6) is 0 Å². The summed E-state index contributed by atoms with van der Waals surface area (Å²) in [5.41, 5.74) is 0. The highest BCUT2D eigenvalue weighted by Gasteiger charge is 1.90. The van der Waals surface area contributed by atoms with Crippen LogP contribution in [0.4, 0.5) is 0 Å². The Kier molecular flexibility index (Phi) is 8.91. The highest BCUT2D eigenvalue weighted by Crippen LogP contribution is 2.06. The molecular formula is C7H13I2N. The summed E-state index contributed by atoms with van der Waals surface area (Å²) in [5.74, 6) is 0. The minimum absolute atomic E-state index is 0.793. The molecule has 0 aliphatic heterocycles. The monoisotopic (exact) mass is 365 g/mol. The summed E-state index contributed by atoms with van der Waals surface area (Å²) in [6, 6.07) is 0.